The maximum Gasteiger partial charge on any atom is 0.102 e. The van der Waals surface area contributed by atoms with Gasteiger partial charge in [-0.3, -0.25) is 0 Å². The smallest absolute Gasteiger partial charge is 0.102 e. The van der Waals surface area contributed by atoms with Gasteiger partial charge >= 0.3 is 0 Å². The topological polar surface area (TPSA) is 42.7 Å². The van der Waals surface area contributed by atoms with Gasteiger partial charge in [-0.15, -0.1) is 5.10 Å². The van der Waals surface area contributed by atoms with E-state index in [0.29, 0.717) is 6.54 Å². The highest BCUT2D eigenvalue weighted by atomic mass is 15.4. The molecular weight excluding hydrogens is 260 g/mol. The van der Waals surface area contributed by atoms with Crippen molar-refractivity contribution in [2.75, 3.05) is 5.32 Å². The molecule has 3 rings (SSSR count). The van der Waals surface area contributed by atoms with E-state index in [1.165, 1.54) is 10.8 Å². The molecule has 0 fully saturated rings. The molecule has 0 aliphatic carbocycles. The van der Waals surface area contributed by atoms with Crippen LogP contribution in [-0.2, 0) is 12.1 Å². The minimum absolute atomic E-state index is 0.0335. The summed E-state index contributed by atoms with van der Waals surface area (Å²) in [6, 6.07) is 14.7. The van der Waals surface area contributed by atoms with Crippen LogP contribution in [0.5, 0.6) is 0 Å². The van der Waals surface area contributed by atoms with Gasteiger partial charge < -0.3 is 5.32 Å². The molecule has 0 radical (unpaired) electrons. The summed E-state index contributed by atoms with van der Waals surface area (Å²) in [4.78, 5) is 0. The Morgan fingerprint density at radius 3 is 2.52 bits per heavy atom. The molecule has 0 unspecified atom stereocenters. The maximum atomic E-state index is 4.21. The average molecular weight is 280 g/mol. The first-order valence-electron chi connectivity index (χ1n) is 7.17. The minimum Gasteiger partial charge on any atom is -0.379 e. The standard InChI is InChI=1S/C17H20N4/c1-17(2,3)21-12-16(19-20-21)11-18-15-9-8-13-6-4-5-7-14(13)10-15/h4-10,12,18H,11H2,1-3H3. The highest BCUT2D eigenvalue weighted by molar-refractivity contribution is 5.85. The quantitative estimate of drug-likeness (QED) is 0.793. The first kappa shape index (κ1) is 13.6. The number of rotatable bonds is 3. The van der Waals surface area contributed by atoms with E-state index < -0.39 is 0 Å². The third kappa shape index (κ3) is 3.05. The van der Waals surface area contributed by atoms with Crippen LogP contribution >= 0.6 is 0 Å². The predicted molar refractivity (Wildman–Crippen MR) is 86.3 cm³/mol. The number of anilines is 1. The number of hydrogen-bond donors (Lipinski definition) is 1. The Bertz CT molecular complexity index is 753. The van der Waals surface area contributed by atoms with Gasteiger partial charge in [0.2, 0.25) is 0 Å². The van der Waals surface area contributed by atoms with Crippen LogP contribution in [0, 0.1) is 0 Å². The summed E-state index contributed by atoms with van der Waals surface area (Å²) in [7, 11) is 0. The van der Waals surface area contributed by atoms with Crippen molar-refractivity contribution in [3.8, 4) is 0 Å². The molecule has 0 aliphatic rings. The molecule has 108 valence electrons. The summed E-state index contributed by atoms with van der Waals surface area (Å²) in [5.74, 6) is 0. The van der Waals surface area contributed by atoms with E-state index in [-0.39, 0.29) is 5.54 Å². The van der Waals surface area contributed by atoms with E-state index in [2.05, 4.69) is 78.9 Å². The van der Waals surface area contributed by atoms with Crippen molar-refractivity contribution in [2.45, 2.75) is 32.9 Å². The Balaban J connectivity index is 1.73. The fourth-order valence-corrected chi connectivity index (χ4v) is 2.20. The second kappa shape index (κ2) is 5.20. The van der Waals surface area contributed by atoms with Crippen molar-refractivity contribution in [3.05, 3.63) is 54.4 Å². The molecule has 2 aromatic carbocycles. The predicted octanol–water partition coefficient (Wildman–Crippen LogP) is 3.80. The summed E-state index contributed by atoms with van der Waals surface area (Å²) < 4.78 is 1.89. The number of nitrogens with zero attached hydrogens (tertiary/aromatic N) is 3. The highest BCUT2D eigenvalue weighted by Gasteiger charge is 2.14. The molecule has 3 aromatic rings. The lowest BCUT2D eigenvalue weighted by Gasteiger charge is -2.17. The molecule has 0 amide bonds. The van der Waals surface area contributed by atoms with Crippen molar-refractivity contribution < 1.29 is 0 Å². The zero-order chi connectivity index (χ0) is 14.9. The molecule has 0 saturated heterocycles. The van der Waals surface area contributed by atoms with Crippen LogP contribution in [0.15, 0.2) is 48.7 Å². The number of hydrogen-bond acceptors (Lipinski definition) is 3. The molecule has 0 aliphatic heterocycles. The van der Waals surface area contributed by atoms with Crippen LogP contribution in [0.4, 0.5) is 5.69 Å². The fourth-order valence-electron chi connectivity index (χ4n) is 2.20. The van der Waals surface area contributed by atoms with Crippen LogP contribution in [-0.4, -0.2) is 15.0 Å². The van der Waals surface area contributed by atoms with Crippen LogP contribution in [0.1, 0.15) is 26.5 Å². The van der Waals surface area contributed by atoms with Crippen LogP contribution in [0.3, 0.4) is 0 Å². The Hall–Kier alpha value is -2.36. The molecule has 0 spiro atoms. The van der Waals surface area contributed by atoms with Gasteiger partial charge in [0.05, 0.1) is 18.3 Å². The Kier molecular flexibility index (Phi) is 3.37. The van der Waals surface area contributed by atoms with E-state index >= 15 is 0 Å². The molecule has 1 aromatic heterocycles. The number of nitrogens with one attached hydrogen (secondary N) is 1. The SMILES string of the molecule is CC(C)(C)n1cc(CNc2ccc3ccccc3c2)nn1. The van der Waals surface area contributed by atoms with Gasteiger partial charge in [0.25, 0.3) is 0 Å². The highest BCUT2D eigenvalue weighted by Crippen LogP contribution is 2.19. The average Bonchev–Trinajstić information content (AvgIpc) is 2.94. The Morgan fingerprint density at radius 1 is 1.05 bits per heavy atom. The Labute approximate surface area is 124 Å². The maximum absolute atomic E-state index is 4.21. The molecule has 0 atom stereocenters. The van der Waals surface area contributed by atoms with Crippen molar-refractivity contribution in [1.29, 1.82) is 0 Å². The second-order valence-electron chi connectivity index (χ2n) is 6.24. The van der Waals surface area contributed by atoms with Gasteiger partial charge in [0.1, 0.15) is 5.69 Å². The van der Waals surface area contributed by atoms with Crippen LogP contribution < -0.4 is 5.32 Å². The van der Waals surface area contributed by atoms with Gasteiger partial charge in [-0.25, -0.2) is 4.68 Å². The minimum atomic E-state index is -0.0335. The zero-order valence-corrected chi connectivity index (χ0v) is 12.7. The van der Waals surface area contributed by atoms with Crippen LogP contribution in [0.2, 0.25) is 0 Å². The monoisotopic (exact) mass is 280 g/mol. The number of benzene rings is 2. The number of aromatic nitrogens is 3. The van der Waals surface area contributed by atoms with Gasteiger partial charge in [0.15, 0.2) is 0 Å². The zero-order valence-electron chi connectivity index (χ0n) is 12.7. The van der Waals surface area contributed by atoms with E-state index in [0.717, 1.165) is 11.4 Å². The van der Waals surface area contributed by atoms with Crippen LogP contribution in [0.25, 0.3) is 10.8 Å². The van der Waals surface area contributed by atoms with E-state index in [1.807, 2.05) is 10.9 Å². The van der Waals surface area contributed by atoms with Gasteiger partial charge in [-0.05, 0) is 43.7 Å². The summed E-state index contributed by atoms with van der Waals surface area (Å²) in [6.45, 7) is 7.01. The van der Waals surface area contributed by atoms with E-state index in [1.54, 1.807) is 0 Å². The third-order valence-electron chi connectivity index (χ3n) is 3.45. The summed E-state index contributed by atoms with van der Waals surface area (Å²) >= 11 is 0. The molecule has 1 heterocycles. The van der Waals surface area contributed by atoms with Crippen molar-refractivity contribution >= 4 is 16.5 Å². The lowest BCUT2D eigenvalue weighted by molar-refractivity contribution is 0.347. The van der Waals surface area contributed by atoms with E-state index in [4.69, 9.17) is 0 Å². The second-order valence-corrected chi connectivity index (χ2v) is 6.24. The van der Waals surface area contributed by atoms with Crippen molar-refractivity contribution in [2.24, 2.45) is 0 Å². The first-order chi connectivity index (χ1) is 10.0. The molecule has 4 heteroatoms. The molecular formula is C17H20N4. The molecule has 1 N–H and O–H groups in total. The molecule has 0 saturated carbocycles. The summed E-state index contributed by atoms with van der Waals surface area (Å²) in [5.41, 5.74) is 2.01. The van der Waals surface area contributed by atoms with Gasteiger partial charge in [-0.1, -0.05) is 35.5 Å². The van der Waals surface area contributed by atoms with Gasteiger partial charge in [0, 0.05) is 5.69 Å². The summed E-state index contributed by atoms with van der Waals surface area (Å²) in [5, 5.41) is 14.3. The van der Waals surface area contributed by atoms with Crippen molar-refractivity contribution in [1.82, 2.24) is 15.0 Å². The molecule has 21 heavy (non-hydrogen) atoms. The summed E-state index contributed by atoms with van der Waals surface area (Å²) in [6.07, 6.45) is 1.99. The first-order valence-corrected chi connectivity index (χ1v) is 7.17. The van der Waals surface area contributed by atoms with Gasteiger partial charge in [-0.2, -0.15) is 0 Å². The third-order valence-corrected chi connectivity index (χ3v) is 3.45. The molecule has 0 bridgehead atoms. The lowest BCUT2D eigenvalue weighted by atomic mass is 10.1. The largest absolute Gasteiger partial charge is 0.379 e. The number of fused-ring (bicyclic) bond motifs is 1. The normalized spacial score (nSPS) is 11.8. The molecule has 4 nitrogen and oxygen atoms in total. The van der Waals surface area contributed by atoms with Crippen molar-refractivity contribution in [3.63, 3.8) is 0 Å². The fraction of sp³-hybridized carbons (Fsp3) is 0.294. The van der Waals surface area contributed by atoms with E-state index in [9.17, 15) is 0 Å². The Morgan fingerprint density at radius 2 is 1.81 bits per heavy atom. The lowest BCUT2D eigenvalue weighted by Crippen LogP contribution is -2.22.